The van der Waals surface area contributed by atoms with Gasteiger partial charge in [0.2, 0.25) is 0 Å². The van der Waals surface area contributed by atoms with Gasteiger partial charge in [-0.25, -0.2) is 8.78 Å². The van der Waals surface area contributed by atoms with E-state index in [9.17, 15) is 8.78 Å². The average Bonchev–Trinajstić information content (AvgIpc) is 2.76. The molecule has 108 valence electrons. The summed E-state index contributed by atoms with van der Waals surface area (Å²) in [6.07, 6.45) is 1.43. The lowest BCUT2D eigenvalue weighted by Gasteiger charge is -2.19. The van der Waals surface area contributed by atoms with E-state index in [0.29, 0.717) is 16.3 Å². The zero-order valence-corrected chi connectivity index (χ0v) is 12.2. The van der Waals surface area contributed by atoms with E-state index in [-0.39, 0.29) is 11.6 Å². The van der Waals surface area contributed by atoms with Crippen molar-refractivity contribution in [1.29, 1.82) is 0 Å². The molecule has 0 radical (unpaired) electrons. The third kappa shape index (κ3) is 2.43. The summed E-state index contributed by atoms with van der Waals surface area (Å²) in [6, 6.07) is 1.56. The summed E-state index contributed by atoms with van der Waals surface area (Å²) in [5.41, 5.74) is 6.60. The molecule has 1 unspecified atom stereocenters. The van der Waals surface area contributed by atoms with Gasteiger partial charge in [-0.2, -0.15) is 5.10 Å². The number of hydrogen-bond acceptors (Lipinski definition) is 2. The molecule has 2 aromatic rings. The Kier molecular flexibility index (Phi) is 4.11. The van der Waals surface area contributed by atoms with Gasteiger partial charge in [0.05, 0.1) is 23.0 Å². The van der Waals surface area contributed by atoms with Crippen LogP contribution in [0.2, 0.25) is 5.02 Å². The highest BCUT2D eigenvalue weighted by Gasteiger charge is 2.26. The molecule has 0 bridgehead atoms. The van der Waals surface area contributed by atoms with Crippen LogP contribution in [0.25, 0.3) is 0 Å². The molecule has 0 amide bonds. The Balaban J connectivity index is 2.61. The molecule has 1 heterocycles. The predicted octanol–water partition coefficient (Wildman–Crippen LogP) is 3.75. The normalized spacial score (nSPS) is 13.0. The summed E-state index contributed by atoms with van der Waals surface area (Å²) in [4.78, 5) is 0. The van der Waals surface area contributed by atoms with E-state index in [4.69, 9.17) is 17.3 Å². The minimum Gasteiger partial charge on any atom is -0.319 e. The molecule has 0 saturated heterocycles. The van der Waals surface area contributed by atoms with Crippen LogP contribution < -0.4 is 5.73 Å². The van der Waals surface area contributed by atoms with Gasteiger partial charge < -0.3 is 5.73 Å². The maximum absolute atomic E-state index is 14.2. The van der Waals surface area contributed by atoms with Gasteiger partial charge in [0.25, 0.3) is 0 Å². The van der Waals surface area contributed by atoms with Crippen LogP contribution in [0.5, 0.6) is 0 Å². The number of aryl methyl sites for hydroxylation is 1. The van der Waals surface area contributed by atoms with Crippen LogP contribution in [0.1, 0.15) is 42.8 Å². The van der Waals surface area contributed by atoms with E-state index in [1.54, 1.807) is 11.6 Å². The molecule has 1 aromatic heterocycles. The van der Waals surface area contributed by atoms with Crippen LogP contribution in [0.15, 0.2) is 18.3 Å². The van der Waals surface area contributed by atoms with Crippen molar-refractivity contribution in [1.82, 2.24) is 9.78 Å². The van der Waals surface area contributed by atoms with Crippen molar-refractivity contribution in [3.05, 3.63) is 51.8 Å². The summed E-state index contributed by atoms with van der Waals surface area (Å²) in [7, 11) is 0. The van der Waals surface area contributed by atoms with Crippen LogP contribution in [-0.2, 0) is 0 Å². The third-order valence-corrected chi connectivity index (χ3v) is 3.49. The Labute approximate surface area is 121 Å². The Hall–Kier alpha value is -1.46. The van der Waals surface area contributed by atoms with Crippen LogP contribution in [0.4, 0.5) is 8.78 Å². The number of aromatic nitrogens is 2. The fourth-order valence-corrected chi connectivity index (χ4v) is 2.40. The lowest BCUT2D eigenvalue weighted by Crippen LogP contribution is -2.21. The van der Waals surface area contributed by atoms with Crippen LogP contribution in [0.3, 0.4) is 0 Å². The van der Waals surface area contributed by atoms with Gasteiger partial charge in [0, 0.05) is 11.6 Å². The molecular formula is C14H16ClF2N3. The lowest BCUT2D eigenvalue weighted by atomic mass is 10.0. The molecule has 0 aliphatic carbocycles. The smallest absolute Gasteiger partial charge is 0.134 e. The molecule has 2 N–H and O–H groups in total. The monoisotopic (exact) mass is 299 g/mol. The standard InChI is InChI=1S/C14H16ClF2N3/c1-7(2)20-14(9(15)6-19-20)13(18)11-10(16)5-4-8(3)12(11)17/h4-7,13H,18H2,1-3H3. The molecule has 3 nitrogen and oxygen atoms in total. The van der Waals surface area contributed by atoms with Crippen molar-refractivity contribution in [2.45, 2.75) is 32.9 Å². The molecule has 1 atom stereocenters. The van der Waals surface area contributed by atoms with Crippen molar-refractivity contribution in [3.8, 4) is 0 Å². The zero-order chi connectivity index (χ0) is 15.0. The van der Waals surface area contributed by atoms with Gasteiger partial charge >= 0.3 is 0 Å². The first-order chi connectivity index (χ1) is 9.34. The SMILES string of the molecule is Cc1ccc(F)c(C(N)c2c(Cl)cnn2C(C)C)c1F. The molecule has 0 aliphatic heterocycles. The molecular weight excluding hydrogens is 284 g/mol. The minimum atomic E-state index is -1.01. The molecule has 0 spiro atoms. The molecule has 20 heavy (non-hydrogen) atoms. The summed E-state index contributed by atoms with van der Waals surface area (Å²) in [6.45, 7) is 5.34. The van der Waals surface area contributed by atoms with E-state index >= 15 is 0 Å². The number of nitrogens with two attached hydrogens (primary N) is 1. The maximum Gasteiger partial charge on any atom is 0.134 e. The number of hydrogen-bond donors (Lipinski definition) is 1. The Morgan fingerprint density at radius 2 is 1.95 bits per heavy atom. The van der Waals surface area contributed by atoms with Crippen molar-refractivity contribution in [2.75, 3.05) is 0 Å². The summed E-state index contributed by atoms with van der Waals surface area (Å²) < 4.78 is 29.7. The van der Waals surface area contributed by atoms with Crippen molar-refractivity contribution in [3.63, 3.8) is 0 Å². The summed E-state index contributed by atoms with van der Waals surface area (Å²) in [5, 5.41) is 4.40. The largest absolute Gasteiger partial charge is 0.319 e. The average molecular weight is 300 g/mol. The van der Waals surface area contributed by atoms with Crippen molar-refractivity contribution >= 4 is 11.6 Å². The Morgan fingerprint density at radius 3 is 2.55 bits per heavy atom. The second-order valence-electron chi connectivity index (χ2n) is 4.99. The number of nitrogens with zero attached hydrogens (tertiary/aromatic N) is 2. The fraction of sp³-hybridized carbons (Fsp3) is 0.357. The summed E-state index contributed by atoms with van der Waals surface area (Å²) in [5.74, 6) is -1.33. The topological polar surface area (TPSA) is 43.8 Å². The number of halogens is 3. The van der Waals surface area contributed by atoms with E-state index < -0.39 is 17.7 Å². The molecule has 0 aliphatic rings. The molecule has 2 rings (SSSR count). The lowest BCUT2D eigenvalue weighted by molar-refractivity contribution is 0.482. The van der Waals surface area contributed by atoms with Gasteiger partial charge in [0.1, 0.15) is 11.6 Å². The van der Waals surface area contributed by atoms with Crippen molar-refractivity contribution in [2.24, 2.45) is 5.73 Å². The van der Waals surface area contributed by atoms with Crippen LogP contribution >= 0.6 is 11.6 Å². The minimum absolute atomic E-state index is 0.0144. The molecule has 0 saturated carbocycles. The molecule has 6 heteroatoms. The second-order valence-corrected chi connectivity index (χ2v) is 5.39. The summed E-state index contributed by atoms with van der Waals surface area (Å²) >= 11 is 6.07. The van der Waals surface area contributed by atoms with Gasteiger partial charge in [-0.15, -0.1) is 0 Å². The zero-order valence-electron chi connectivity index (χ0n) is 11.5. The van der Waals surface area contributed by atoms with Crippen molar-refractivity contribution < 1.29 is 8.78 Å². The predicted molar refractivity (Wildman–Crippen MR) is 74.7 cm³/mol. The van der Waals surface area contributed by atoms with E-state index in [1.165, 1.54) is 18.3 Å². The van der Waals surface area contributed by atoms with Gasteiger partial charge in [-0.1, -0.05) is 17.7 Å². The van der Waals surface area contributed by atoms with E-state index in [2.05, 4.69) is 5.10 Å². The number of rotatable bonds is 3. The molecule has 0 fully saturated rings. The highest BCUT2D eigenvalue weighted by Crippen LogP contribution is 2.32. The van der Waals surface area contributed by atoms with Crippen LogP contribution in [-0.4, -0.2) is 9.78 Å². The second kappa shape index (κ2) is 5.50. The number of benzene rings is 1. The van der Waals surface area contributed by atoms with Gasteiger partial charge in [0.15, 0.2) is 0 Å². The van der Waals surface area contributed by atoms with Crippen LogP contribution in [0, 0.1) is 18.6 Å². The maximum atomic E-state index is 14.2. The van der Waals surface area contributed by atoms with E-state index in [0.717, 1.165) is 0 Å². The Bertz CT molecular complexity index is 638. The molecule has 1 aromatic carbocycles. The van der Waals surface area contributed by atoms with E-state index in [1.807, 2.05) is 13.8 Å². The highest BCUT2D eigenvalue weighted by atomic mass is 35.5. The first-order valence-corrected chi connectivity index (χ1v) is 6.65. The third-order valence-electron chi connectivity index (χ3n) is 3.20. The quantitative estimate of drug-likeness (QED) is 0.938. The highest BCUT2D eigenvalue weighted by molar-refractivity contribution is 6.31. The Morgan fingerprint density at radius 1 is 1.30 bits per heavy atom. The van der Waals surface area contributed by atoms with Gasteiger partial charge in [-0.05, 0) is 32.4 Å². The fourth-order valence-electron chi connectivity index (χ4n) is 2.15. The van der Waals surface area contributed by atoms with Gasteiger partial charge in [-0.3, -0.25) is 4.68 Å². The first kappa shape index (κ1) is 14.9. The first-order valence-electron chi connectivity index (χ1n) is 6.27.